The summed E-state index contributed by atoms with van der Waals surface area (Å²) in [5, 5.41) is 9.23. The molecule has 0 atom stereocenters. The van der Waals surface area contributed by atoms with Crippen LogP contribution in [0.25, 0.3) is 11.0 Å². The molecule has 4 heteroatoms. The molecule has 3 aromatic rings. The molecule has 104 valence electrons. The Kier molecular flexibility index (Phi) is 3.89. The second-order valence-corrected chi connectivity index (χ2v) is 5.20. The minimum Gasteiger partial charge on any atom is -0.323 e. The van der Waals surface area contributed by atoms with Gasteiger partial charge in [0.2, 0.25) is 0 Å². The smallest absolute Gasteiger partial charge is 0.111 e. The summed E-state index contributed by atoms with van der Waals surface area (Å²) in [5.41, 5.74) is 3.55. The Bertz CT molecular complexity index is 800. The Morgan fingerprint density at radius 2 is 1.90 bits per heavy atom. The third-order valence-electron chi connectivity index (χ3n) is 3.48. The zero-order chi connectivity index (χ0) is 14.7. The number of fused-ring (bicyclic) bond motifs is 1. The van der Waals surface area contributed by atoms with Crippen molar-refractivity contribution in [2.45, 2.75) is 13.0 Å². The number of alkyl halides is 1. The lowest BCUT2D eigenvalue weighted by atomic mass is 10.2. The van der Waals surface area contributed by atoms with Gasteiger partial charge in [-0.05, 0) is 17.7 Å². The van der Waals surface area contributed by atoms with Crippen molar-refractivity contribution in [3.05, 3.63) is 65.5 Å². The van der Waals surface area contributed by atoms with Gasteiger partial charge in [0.1, 0.15) is 17.4 Å². The predicted molar refractivity (Wildman–Crippen MR) is 84.4 cm³/mol. The maximum Gasteiger partial charge on any atom is 0.111 e. The second-order valence-electron chi connectivity index (χ2n) is 4.82. The molecule has 3 rings (SSSR count). The normalized spacial score (nSPS) is 10.7. The molecule has 0 aliphatic rings. The van der Waals surface area contributed by atoms with Crippen LogP contribution in [0.2, 0.25) is 0 Å². The van der Waals surface area contributed by atoms with E-state index in [-0.39, 0.29) is 0 Å². The van der Waals surface area contributed by atoms with Gasteiger partial charge in [-0.2, -0.15) is 5.26 Å². The summed E-state index contributed by atoms with van der Waals surface area (Å²) in [7, 11) is 0. The number of hydrogen-bond acceptors (Lipinski definition) is 2. The van der Waals surface area contributed by atoms with Crippen molar-refractivity contribution >= 4 is 22.6 Å². The van der Waals surface area contributed by atoms with Crippen molar-refractivity contribution in [1.82, 2.24) is 9.55 Å². The van der Waals surface area contributed by atoms with E-state index in [9.17, 15) is 5.26 Å². The molecule has 1 aromatic heterocycles. The van der Waals surface area contributed by atoms with Crippen LogP contribution in [0.15, 0.2) is 48.5 Å². The van der Waals surface area contributed by atoms with Crippen molar-refractivity contribution in [1.29, 1.82) is 5.26 Å². The summed E-state index contributed by atoms with van der Waals surface area (Å²) in [5.74, 6) is 1.44. The summed E-state index contributed by atoms with van der Waals surface area (Å²) in [6, 6.07) is 18.1. The zero-order valence-electron chi connectivity index (χ0n) is 11.5. The highest BCUT2D eigenvalue weighted by molar-refractivity contribution is 6.17. The van der Waals surface area contributed by atoms with Crippen molar-refractivity contribution in [2.24, 2.45) is 0 Å². The minimum absolute atomic E-state index is 0.514. The van der Waals surface area contributed by atoms with E-state index in [4.69, 9.17) is 11.6 Å². The number of aromatic nitrogens is 2. The van der Waals surface area contributed by atoms with Gasteiger partial charge in [-0.3, -0.25) is 0 Å². The first-order valence-corrected chi connectivity index (χ1v) is 7.35. The number of para-hydroxylation sites is 1. The van der Waals surface area contributed by atoms with Crippen molar-refractivity contribution < 1.29 is 0 Å². The van der Waals surface area contributed by atoms with E-state index >= 15 is 0 Å². The quantitative estimate of drug-likeness (QED) is 0.688. The van der Waals surface area contributed by atoms with E-state index in [1.807, 2.05) is 30.3 Å². The van der Waals surface area contributed by atoms with Crippen LogP contribution >= 0.6 is 11.6 Å². The third kappa shape index (κ3) is 2.63. The first kappa shape index (κ1) is 13.7. The first-order chi connectivity index (χ1) is 10.3. The fraction of sp³-hybridized carbons (Fsp3) is 0.176. The fourth-order valence-corrected chi connectivity index (χ4v) is 2.67. The first-order valence-electron chi connectivity index (χ1n) is 6.81. The Morgan fingerprint density at radius 1 is 1.10 bits per heavy atom. The molecule has 1 heterocycles. The maximum absolute atomic E-state index is 9.23. The van der Waals surface area contributed by atoms with Gasteiger partial charge in [-0.15, -0.1) is 11.6 Å². The molecule has 0 unspecified atom stereocenters. The van der Waals surface area contributed by atoms with E-state index in [2.05, 4.69) is 27.8 Å². The molecule has 0 saturated heterocycles. The summed E-state index contributed by atoms with van der Waals surface area (Å²) in [4.78, 5) is 4.63. The van der Waals surface area contributed by atoms with Gasteiger partial charge in [-0.25, -0.2) is 4.98 Å². The Hall–Kier alpha value is -2.31. The van der Waals surface area contributed by atoms with Gasteiger partial charge in [0.25, 0.3) is 0 Å². The highest BCUT2D eigenvalue weighted by atomic mass is 35.5. The van der Waals surface area contributed by atoms with Crippen LogP contribution in [0.4, 0.5) is 0 Å². The monoisotopic (exact) mass is 295 g/mol. The molecule has 0 saturated carbocycles. The largest absolute Gasteiger partial charge is 0.323 e. The lowest BCUT2D eigenvalue weighted by Gasteiger charge is -2.08. The van der Waals surface area contributed by atoms with Crippen LogP contribution in [0, 0.1) is 11.3 Å². The van der Waals surface area contributed by atoms with Crippen LogP contribution in [0.5, 0.6) is 0 Å². The van der Waals surface area contributed by atoms with Crippen LogP contribution in [0.3, 0.4) is 0 Å². The number of halogens is 1. The molecule has 0 fully saturated rings. The van der Waals surface area contributed by atoms with Crippen molar-refractivity contribution in [2.75, 3.05) is 5.88 Å². The van der Waals surface area contributed by atoms with Gasteiger partial charge < -0.3 is 4.57 Å². The molecule has 0 spiro atoms. The molecule has 0 aliphatic heterocycles. The number of nitrogens with zero attached hydrogens (tertiary/aromatic N) is 3. The van der Waals surface area contributed by atoms with Gasteiger partial charge in [-0.1, -0.05) is 36.4 Å². The maximum atomic E-state index is 9.23. The molecule has 3 nitrogen and oxygen atoms in total. The lowest BCUT2D eigenvalue weighted by Crippen LogP contribution is -2.05. The second kappa shape index (κ2) is 5.99. The molecule has 21 heavy (non-hydrogen) atoms. The highest BCUT2D eigenvalue weighted by Gasteiger charge is 2.13. The molecule has 0 radical (unpaired) electrons. The van der Waals surface area contributed by atoms with Crippen LogP contribution in [-0.2, 0) is 13.0 Å². The minimum atomic E-state index is 0.514. The molecule has 0 amide bonds. The van der Waals surface area contributed by atoms with Crippen molar-refractivity contribution in [3.63, 3.8) is 0 Å². The topological polar surface area (TPSA) is 41.6 Å². The summed E-state index contributed by atoms with van der Waals surface area (Å²) in [6.45, 7) is 0.735. The van der Waals surface area contributed by atoms with Gasteiger partial charge in [0.05, 0.1) is 11.1 Å². The fourth-order valence-electron chi connectivity index (χ4n) is 2.50. The lowest BCUT2D eigenvalue weighted by molar-refractivity contribution is 0.754. The van der Waals surface area contributed by atoms with Gasteiger partial charge >= 0.3 is 0 Å². The summed E-state index contributed by atoms with van der Waals surface area (Å²) in [6.07, 6.45) is 0.688. The standard InChI is InChI=1S/C17H14ClN3/c18-10-9-16-20-17-14(11-19)7-4-8-15(17)21(16)12-13-5-2-1-3-6-13/h1-8H,9-10,12H2. The molecule has 0 N–H and O–H groups in total. The zero-order valence-corrected chi connectivity index (χ0v) is 12.2. The molecular formula is C17H14ClN3. The summed E-state index contributed by atoms with van der Waals surface area (Å²) >= 11 is 5.89. The van der Waals surface area contributed by atoms with Gasteiger partial charge in [0.15, 0.2) is 0 Å². The average Bonchev–Trinajstić information content (AvgIpc) is 2.87. The van der Waals surface area contributed by atoms with Crippen LogP contribution in [0.1, 0.15) is 17.0 Å². The predicted octanol–water partition coefficient (Wildman–Crippen LogP) is 3.74. The van der Waals surface area contributed by atoms with E-state index in [0.717, 1.165) is 23.4 Å². The number of imidazole rings is 1. The van der Waals surface area contributed by atoms with E-state index in [1.54, 1.807) is 6.07 Å². The average molecular weight is 296 g/mol. The number of benzene rings is 2. The highest BCUT2D eigenvalue weighted by Crippen LogP contribution is 2.21. The van der Waals surface area contributed by atoms with E-state index in [1.165, 1.54) is 5.56 Å². The third-order valence-corrected chi connectivity index (χ3v) is 3.67. The van der Waals surface area contributed by atoms with E-state index in [0.29, 0.717) is 17.9 Å². The molecule has 0 aliphatic carbocycles. The number of aryl methyl sites for hydroxylation is 1. The molecule has 0 bridgehead atoms. The number of nitriles is 1. The molecular weight excluding hydrogens is 282 g/mol. The number of hydrogen-bond donors (Lipinski definition) is 0. The molecule has 2 aromatic carbocycles. The Balaban J connectivity index is 2.15. The SMILES string of the molecule is N#Cc1cccc2c1nc(CCCl)n2Cc1ccccc1. The van der Waals surface area contributed by atoms with Crippen molar-refractivity contribution in [3.8, 4) is 6.07 Å². The van der Waals surface area contributed by atoms with Gasteiger partial charge in [0, 0.05) is 18.8 Å². The van der Waals surface area contributed by atoms with Crippen LogP contribution < -0.4 is 0 Å². The van der Waals surface area contributed by atoms with E-state index < -0.39 is 0 Å². The Morgan fingerprint density at radius 3 is 2.62 bits per heavy atom. The number of rotatable bonds is 4. The Labute approximate surface area is 128 Å². The van der Waals surface area contributed by atoms with Crippen LogP contribution in [-0.4, -0.2) is 15.4 Å². The summed E-state index contributed by atoms with van der Waals surface area (Å²) < 4.78 is 2.15.